The molecule has 2 nitrogen and oxygen atoms in total. The van der Waals surface area contributed by atoms with Crippen molar-refractivity contribution in [2.75, 3.05) is 5.32 Å². The molecule has 1 N–H and O–H groups in total. The van der Waals surface area contributed by atoms with Crippen molar-refractivity contribution in [2.45, 2.75) is 39.2 Å². The molecule has 0 spiro atoms. The lowest BCUT2D eigenvalue weighted by Crippen LogP contribution is -2.33. The zero-order valence-corrected chi connectivity index (χ0v) is 11.8. The van der Waals surface area contributed by atoms with Gasteiger partial charge in [-0.15, -0.1) is 11.3 Å². The summed E-state index contributed by atoms with van der Waals surface area (Å²) >= 11 is 1.78. The second-order valence-electron chi connectivity index (χ2n) is 5.64. The molecular formula is C15H20N2S. The minimum atomic E-state index is 0.583. The second-order valence-corrected chi connectivity index (χ2v) is 6.59. The number of anilines is 1. The highest BCUT2D eigenvalue weighted by Gasteiger charge is 2.25. The van der Waals surface area contributed by atoms with Gasteiger partial charge in [-0.2, -0.15) is 0 Å². The van der Waals surface area contributed by atoms with Crippen LogP contribution in [0.1, 0.15) is 33.1 Å². The van der Waals surface area contributed by atoms with Gasteiger partial charge in [0.1, 0.15) is 5.82 Å². The van der Waals surface area contributed by atoms with Crippen LogP contribution in [0.2, 0.25) is 0 Å². The summed E-state index contributed by atoms with van der Waals surface area (Å²) in [6.45, 7) is 4.73. The number of hydrogen-bond acceptors (Lipinski definition) is 3. The molecule has 3 atom stereocenters. The van der Waals surface area contributed by atoms with Gasteiger partial charge >= 0.3 is 0 Å². The Morgan fingerprint density at radius 3 is 3.00 bits per heavy atom. The van der Waals surface area contributed by atoms with Crippen molar-refractivity contribution < 1.29 is 0 Å². The third-order valence-corrected chi connectivity index (χ3v) is 5.02. The highest BCUT2D eigenvalue weighted by Crippen LogP contribution is 2.32. The Morgan fingerprint density at radius 1 is 1.28 bits per heavy atom. The number of pyridine rings is 1. The fraction of sp³-hybridized carbons (Fsp3) is 0.533. The minimum absolute atomic E-state index is 0.583. The lowest BCUT2D eigenvalue weighted by molar-refractivity contribution is 0.276. The van der Waals surface area contributed by atoms with Gasteiger partial charge in [0.25, 0.3) is 0 Å². The van der Waals surface area contributed by atoms with Crippen molar-refractivity contribution in [2.24, 2.45) is 11.8 Å². The van der Waals surface area contributed by atoms with Crippen molar-refractivity contribution in [1.29, 1.82) is 0 Å². The molecule has 2 aromatic rings. The lowest BCUT2D eigenvalue weighted by Gasteiger charge is -2.33. The van der Waals surface area contributed by atoms with Crippen molar-refractivity contribution in [1.82, 2.24) is 4.98 Å². The second kappa shape index (κ2) is 4.88. The van der Waals surface area contributed by atoms with Crippen LogP contribution in [0.3, 0.4) is 0 Å². The summed E-state index contributed by atoms with van der Waals surface area (Å²) in [5, 5.41) is 7.09. The van der Waals surface area contributed by atoms with E-state index in [1.54, 1.807) is 11.3 Å². The first-order chi connectivity index (χ1) is 8.74. The Labute approximate surface area is 112 Å². The number of aromatic nitrogens is 1. The van der Waals surface area contributed by atoms with Gasteiger partial charge in [0.05, 0.1) is 0 Å². The van der Waals surface area contributed by atoms with E-state index in [4.69, 9.17) is 0 Å². The summed E-state index contributed by atoms with van der Waals surface area (Å²) in [5.41, 5.74) is 0. The van der Waals surface area contributed by atoms with Crippen LogP contribution < -0.4 is 5.32 Å². The number of nitrogens with one attached hydrogen (secondary N) is 1. The fourth-order valence-corrected chi connectivity index (χ4v) is 3.85. The molecule has 0 radical (unpaired) electrons. The first-order valence-electron chi connectivity index (χ1n) is 6.83. The molecule has 0 aliphatic heterocycles. The topological polar surface area (TPSA) is 24.9 Å². The molecule has 3 heteroatoms. The molecular weight excluding hydrogens is 240 g/mol. The van der Waals surface area contributed by atoms with Crippen LogP contribution in [0.15, 0.2) is 23.7 Å². The molecule has 96 valence electrons. The molecule has 2 heterocycles. The number of thiophene rings is 1. The molecule has 18 heavy (non-hydrogen) atoms. The molecule has 0 aromatic carbocycles. The average molecular weight is 260 g/mol. The summed E-state index contributed by atoms with van der Waals surface area (Å²) in [5.74, 6) is 2.69. The highest BCUT2D eigenvalue weighted by molar-refractivity contribution is 7.17. The molecule has 2 aromatic heterocycles. The summed E-state index contributed by atoms with van der Waals surface area (Å²) < 4.78 is 1.32. The predicted molar refractivity (Wildman–Crippen MR) is 79.2 cm³/mol. The van der Waals surface area contributed by atoms with Crippen molar-refractivity contribution in [3.8, 4) is 0 Å². The predicted octanol–water partition coefficient (Wildman–Crippen LogP) is 4.53. The largest absolute Gasteiger partial charge is 0.367 e. The molecule has 1 aliphatic carbocycles. The van der Waals surface area contributed by atoms with E-state index in [1.165, 1.54) is 29.3 Å². The van der Waals surface area contributed by atoms with Crippen molar-refractivity contribution in [3.05, 3.63) is 23.7 Å². The fourth-order valence-electron chi connectivity index (χ4n) is 3.07. The molecule has 1 aliphatic rings. The Balaban J connectivity index is 1.82. The van der Waals surface area contributed by atoms with Crippen LogP contribution in [-0.2, 0) is 0 Å². The number of fused-ring (bicyclic) bond motifs is 1. The summed E-state index contributed by atoms with van der Waals surface area (Å²) in [6, 6.07) is 4.85. The van der Waals surface area contributed by atoms with Crippen LogP contribution in [0.5, 0.6) is 0 Å². The molecule has 1 fully saturated rings. The number of nitrogens with zero attached hydrogens (tertiary/aromatic N) is 1. The standard InChI is InChI=1S/C15H20N2S/c1-10-3-4-13(11(2)9-10)17-15-12-6-8-18-14(12)5-7-16-15/h5-8,10-11,13H,3-4,9H2,1-2H3,(H,16,17). The van der Waals surface area contributed by atoms with E-state index in [1.807, 2.05) is 6.20 Å². The zero-order valence-electron chi connectivity index (χ0n) is 11.0. The molecule has 0 saturated heterocycles. The van der Waals surface area contributed by atoms with E-state index in [-0.39, 0.29) is 0 Å². The van der Waals surface area contributed by atoms with Crippen LogP contribution >= 0.6 is 11.3 Å². The normalized spacial score (nSPS) is 28.4. The van der Waals surface area contributed by atoms with Crippen LogP contribution in [0, 0.1) is 11.8 Å². The smallest absolute Gasteiger partial charge is 0.134 e. The Morgan fingerprint density at radius 2 is 2.17 bits per heavy atom. The van der Waals surface area contributed by atoms with E-state index in [2.05, 4.69) is 41.7 Å². The van der Waals surface area contributed by atoms with Gasteiger partial charge in [-0.1, -0.05) is 13.8 Å². The lowest BCUT2D eigenvalue weighted by atomic mass is 9.80. The maximum atomic E-state index is 4.52. The quantitative estimate of drug-likeness (QED) is 0.858. The van der Waals surface area contributed by atoms with Crippen LogP contribution in [-0.4, -0.2) is 11.0 Å². The Kier molecular flexibility index (Phi) is 3.25. The van der Waals surface area contributed by atoms with Gasteiger partial charge < -0.3 is 5.32 Å². The van der Waals surface area contributed by atoms with E-state index < -0.39 is 0 Å². The SMILES string of the molecule is CC1CCC(Nc2nccc3sccc23)C(C)C1. The Hall–Kier alpha value is -1.09. The number of rotatable bonds is 2. The van der Waals surface area contributed by atoms with Crippen molar-refractivity contribution in [3.63, 3.8) is 0 Å². The summed E-state index contributed by atoms with van der Waals surface area (Å²) in [4.78, 5) is 4.52. The zero-order chi connectivity index (χ0) is 12.5. The van der Waals surface area contributed by atoms with Gasteiger partial charge in [-0.3, -0.25) is 0 Å². The first kappa shape index (κ1) is 12.0. The van der Waals surface area contributed by atoms with E-state index >= 15 is 0 Å². The highest BCUT2D eigenvalue weighted by atomic mass is 32.1. The van der Waals surface area contributed by atoms with E-state index in [0.29, 0.717) is 6.04 Å². The van der Waals surface area contributed by atoms with Crippen LogP contribution in [0.25, 0.3) is 10.1 Å². The number of hydrogen-bond donors (Lipinski definition) is 1. The van der Waals surface area contributed by atoms with Crippen molar-refractivity contribution >= 4 is 27.2 Å². The molecule has 1 saturated carbocycles. The first-order valence-corrected chi connectivity index (χ1v) is 7.71. The minimum Gasteiger partial charge on any atom is -0.367 e. The monoisotopic (exact) mass is 260 g/mol. The van der Waals surface area contributed by atoms with E-state index in [0.717, 1.165) is 17.7 Å². The van der Waals surface area contributed by atoms with Gasteiger partial charge in [-0.25, -0.2) is 4.98 Å². The average Bonchev–Trinajstić information content (AvgIpc) is 2.82. The van der Waals surface area contributed by atoms with Gasteiger partial charge in [-0.05, 0) is 48.6 Å². The molecule has 3 rings (SSSR count). The summed E-state index contributed by atoms with van der Waals surface area (Å²) in [7, 11) is 0. The van der Waals surface area contributed by atoms with Gasteiger partial charge in [0.2, 0.25) is 0 Å². The van der Waals surface area contributed by atoms with Crippen LogP contribution in [0.4, 0.5) is 5.82 Å². The third kappa shape index (κ3) is 2.24. The van der Waals surface area contributed by atoms with Gasteiger partial charge in [0.15, 0.2) is 0 Å². The molecule has 0 amide bonds. The maximum absolute atomic E-state index is 4.52. The third-order valence-electron chi connectivity index (χ3n) is 4.13. The summed E-state index contributed by atoms with van der Waals surface area (Å²) in [6.07, 6.45) is 5.85. The van der Waals surface area contributed by atoms with Gasteiger partial charge in [0, 0.05) is 22.3 Å². The maximum Gasteiger partial charge on any atom is 0.134 e. The molecule has 3 unspecified atom stereocenters. The Bertz CT molecular complexity index is 534. The van der Waals surface area contributed by atoms with E-state index in [9.17, 15) is 0 Å². The molecule has 0 bridgehead atoms.